The minimum Gasteiger partial charge on any atom is -0.469 e. The quantitative estimate of drug-likeness (QED) is 0.515. The second kappa shape index (κ2) is 10.6. The summed E-state index contributed by atoms with van der Waals surface area (Å²) in [6.45, 7) is 10.3. The van der Waals surface area contributed by atoms with Gasteiger partial charge in [0.05, 0.1) is 29.9 Å². The van der Waals surface area contributed by atoms with Crippen LogP contribution in [-0.2, 0) is 19.5 Å². The number of pyridine rings is 1. The summed E-state index contributed by atoms with van der Waals surface area (Å²) in [4.78, 5) is 29.0. The van der Waals surface area contributed by atoms with E-state index in [-0.39, 0.29) is 35.2 Å². The highest BCUT2D eigenvalue weighted by Gasteiger charge is 2.37. The molecule has 0 spiro atoms. The summed E-state index contributed by atoms with van der Waals surface area (Å²) in [7, 11) is -4.05. The lowest BCUT2D eigenvalue weighted by Gasteiger charge is -2.35. The number of sulfonamides is 1. The molecule has 1 atom stereocenters. The number of amides is 2. The van der Waals surface area contributed by atoms with Crippen molar-refractivity contribution < 1.29 is 32.2 Å². The number of hydrogen-bond acceptors (Lipinski definition) is 8. The van der Waals surface area contributed by atoms with Crippen LogP contribution in [-0.4, -0.2) is 56.0 Å². The van der Waals surface area contributed by atoms with E-state index in [4.69, 9.17) is 14.2 Å². The second-order valence-corrected chi connectivity index (χ2v) is 13.5. The Hall–Kier alpha value is -3.54. The maximum Gasteiger partial charge on any atom is 0.412 e. The number of nitrogens with zero attached hydrogens (tertiary/aromatic N) is 2. The van der Waals surface area contributed by atoms with Crippen LogP contribution in [0.4, 0.5) is 21.0 Å². The first-order valence-electron chi connectivity index (χ1n) is 12.9. The number of carbonyl (C=O) groups is 2. The summed E-state index contributed by atoms with van der Waals surface area (Å²) in [6.07, 6.45) is 1.33. The third kappa shape index (κ3) is 7.53. The van der Waals surface area contributed by atoms with E-state index in [1.807, 2.05) is 6.07 Å². The standard InChI is InChI=1S/C27H36N4O7S/c1-26(2,3)37-24(32)29-15-20-16-31(39(34,35)21-9-7-8-18(12-21)17-10-11-17)22-13-19(14-28-23(22)36-20)30-25(33)38-27(4,5)6/h7-9,12-14,17,20H,10-11,15-16H2,1-6H3,(H,29,32)(H,30,33)/t20-/m0/s1. The molecule has 1 aromatic carbocycles. The third-order valence-corrected chi connectivity index (χ3v) is 7.54. The van der Waals surface area contributed by atoms with Crippen molar-refractivity contribution in [3.63, 3.8) is 0 Å². The highest BCUT2D eigenvalue weighted by atomic mass is 32.2. The number of benzene rings is 1. The topological polar surface area (TPSA) is 136 Å². The van der Waals surface area contributed by atoms with Gasteiger partial charge in [-0.3, -0.25) is 9.62 Å². The molecule has 4 rings (SSSR count). The predicted molar refractivity (Wildman–Crippen MR) is 146 cm³/mol. The molecular formula is C27H36N4O7S. The smallest absolute Gasteiger partial charge is 0.412 e. The molecule has 2 heterocycles. The zero-order chi connectivity index (χ0) is 28.6. The molecule has 0 radical (unpaired) electrons. The summed E-state index contributed by atoms with van der Waals surface area (Å²) < 4.78 is 45.7. The zero-order valence-corrected chi connectivity index (χ0v) is 23.9. The summed E-state index contributed by atoms with van der Waals surface area (Å²) in [5, 5.41) is 5.23. The number of carbonyl (C=O) groups excluding carboxylic acids is 2. The number of rotatable bonds is 6. The lowest BCUT2D eigenvalue weighted by Crippen LogP contribution is -2.49. The van der Waals surface area contributed by atoms with E-state index in [1.54, 1.807) is 59.7 Å². The van der Waals surface area contributed by atoms with Crippen molar-refractivity contribution in [2.75, 3.05) is 22.7 Å². The molecule has 2 amide bonds. The molecule has 0 saturated heterocycles. The van der Waals surface area contributed by atoms with Crippen LogP contribution >= 0.6 is 0 Å². The van der Waals surface area contributed by atoms with Crippen LogP contribution in [0, 0.1) is 0 Å². The van der Waals surface area contributed by atoms with Crippen molar-refractivity contribution >= 4 is 33.6 Å². The number of aromatic nitrogens is 1. The summed E-state index contributed by atoms with van der Waals surface area (Å²) in [6, 6.07) is 8.41. The first-order chi connectivity index (χ1) is 18.1. The minimum absolute atomic E-state index is 0.0118. The second-order valence-electron chi connectivity index (χ2n) is 11.7. The van der Waals surface area contributed by atoms with Gasteiger partial charge in [-0.2, -0.15) is 0 Å². The third-order valence-electron chi connectivity index (χ3n) is 5.76. The fourth-order valence-corrected chi connectivity index (χ4v) is 5.54. The van der Waals surface area contributed by atoms with Gasteiger partial charge in [-0.1, -0.05) is 12.1 Å². The van der Waals surface area contributed by atoms with Gasteiger partial charge in [0.15, 0.2) is 0 Å². The van der Waals surface area contributed by atoms with Crippen molar-refractivity contribution in [1.29, 1.82) is 0 Å². The van der Waals surface area contributed by atoms with Crippen molar-refractivity contribution in [1.82, 2.24) is 10.3 Å². The summed E-state index contributed by atoms with van der Waals surface area (Å²) >= 11 is 0. The molecule has 1 fully saturated rings. The van der Waals surface area contributed by atoms with Crippen molar-refractivity contribution in [3.05, 3.63) is 42.1 Å². The largest absolute Gasteiger partial charge is 0.469 e. The lowest BCUT2D eigenvalue weighted by atomic mass is 10.1. The van der Waals surface area contributed by atoms with Crippen LogP contribution in [0.2, 0.25) is 0 Å². The Bertz CT molecular complexity index is 1340. The molecular weight excluding hydrogens is 524 g/mol. The Morgan fingerprint density at radius 3 is 2.36 bits per heavy atom. The van der Waals surface area contributed by atoms with Crippen molar-refractivity contribution in [3.8, 4) is 5.88 Å². The number of alkyl carbamates (subject to hydrolysis) is 1. The van der Waals surface area contributed by atoms with E-state index in [9.17, 15) is 18.0 Å². The number of anilines is 2. The molecule has 2 N–H and O–H groups in total. The molecule has 0 bridgehead atoms. The maximum absolute atomic E-state index is 14.0. The SMILES string of the molecule is CC(C)(C)OC(=O)NC[C@H]1CN(S(=O)(=O)c2cccc(C3CC3)c2)c2cc(NC(=O)OC(C)(C)C)cnc2O1. The molecule has 0 unspecified atom stereocenters. The van der Waals surface area contributed by atoms with Gasteiger partial charge in [-0.15, -0.1) is 0 Å². The predicted octanol–water partition coefficient (Wildman–Crippen LogP) is 4.79. The van der Waals surface area contributed by atoms with Gasteiger partial charge in [-0.25, -0.2) is 23.0 Å². The van der Waals surface area contributed by atoms with Crippen LogP contribution in [0.1, 0.15) is 65.9 Å². The number of nitrogens with one attached hydrogen (secondary N) is 2. The Morgan fingerprint density at radius 1 is 1.05 bits per heavy atom. The number of ether oxygens (including phenoxy) is 3. The van der Waals surface area contributed by atoms with Gasteiger partial charge < -0.3 is 19.5 Å². The maximum atomic E-state index is 14.0. The van der Waals surface area contributed by atoms with E-state index in [2.05, 4.69) is 15.6 Å². The Balaban J connectivity index is 1.63. The van der Waals surface area contributed by atoms with E-state index in [0.29, 0.717) is 5.92 Å². The average Bonchev–Trinajstić information content (AvgIpc) is 3.66. The van der Waals surface area contributed by atoms with Crippen molar-refractivity contribution in [2.24, 2.45) is 0 Å². The van der Waals surface area contributed by atoms with Gasteiger partial charge in [0.2, 0.25) is 5.88 Å². The lowest BCUT2D eigenvalue weighted by molar-refractivity contribution is 0.0499. The molecule has 1 aliphatic heterocycles. The van der Waals surface area contributed by atoms with Crippen LogP contribution < -0.4 is 19.7 Å². The fourth-order valence-electron chi connectivity index (χ4n) is 4.00. The van der Waals surface area contributed by atoms with Gasteiger partial charge >= 0.3 is 12.2 Å². The molecule has 11 nitrogen and oxygen atoms in total. The van der Waals surface area contributed by atoms with E-state index < -0.39 is 39.5 Å². The Morgan fingerprint density at radius 2 is 1.72 bits per heavy atom. The molecule has 1 aromatic heterocycles. The van der Waals surface area contributed by atoms with Crippen molar-refractivity contribution in [2.45, 2.75) is 82.5 Å². The molecule has 12 heteroatoms. The molecule has 212 valence electrons. The Kier molecular flexibility index (Phi) is 7.70. The van der Waals surface area contributed by atoms with Gasteiger partial charge in [0.1, 0.15) is 23.0 Å². The average molecular weight is 561 g/mol. The normalized spacial score (nSPS) is 17.5. The number of hydrogen-bond donors (Lipinski definition) is 2. The molecule has 2 aliphatic rings. The zero-order valence-electron chi connectivity index (χ0n) is 23.1. The minimum atomic E-state index is -4.05. The monoisotopic (exact) mass is 560 g/mol. The molecule has 1 saturated carbocycles. The van der Waals surface area contributed by atoms with Crippen LogP contribution in [0.5, 0.6) is 5.88 Å². The highest BCUT2D eigenvalue weighted by Crippen LogP contribution is 2.42. The van der Waals surface area contributed by atoms with Crippen LogP contribution in [0.15, 0.2) is 41.4 Å². The molecule has 2 aromatic rings. The first-order valence-corrected chi connectivity index (χ1v) is 14.3. The van der Waals surface area contributed by atoms with Gasteiger partial charge in [0, 0.05) is 0 Å². The van der Waals surface area contributed by atoms with E-state index in [1.165, 1.54) is 16.6 Å². The summed E-state index contributed by atoms with van der Waals surface area (Å²) in [5.74, 6) is 0.420. The first kappa shape index (κ1) is 28.5. The Labute approximate surface area is 229 Å². The summed E-state index contributed by atoms with van der Waals surface area (Å²) in [5.41, 5.74) is -0.0278. The van der Waals surface area contributed by atoms with E-state index in [0.717, 1.165) is 18.4 Å². The molecule has 1 aliphatic carbocycles. The fraction of sp³-hybridized carbons (Fsp3) is 0.519. The number of fused-ring (bicyclic) bond motifs is 1. The van der Waals surface area contributed by atoms with Gasteiger partial charge in [0.25, 0.3) is 10.0 Å². The van der Waals surface area contributed by atoms with Gasteiger partial charge in [-0.05, 0) is 84.1 Å². The molecule has 39 heavy (non-hydrogen) atoms. The van der Waals surface area contributed by atoms with Crippen LogP contribution in [0.3, 0.4) is 0 Å². The van der Waals surface area contributed by atoms with E-state index >= 15 is 0 Å². The van der Waals surface area contributed by atoms with Crippen LogP contribution in [0.25, 0.3) is 0 Å². The highest BCUT2D eigenvalue weighted by molar-refractivity contribution is 7.92.